The first-order valence-corrected chi connectivity index (χ1v) is 5.95. The SMILES string of the molecule is Cc1sccc1C(=O)CN1CCCC1. The summed E-state index contributed by atoms with van der Waals surface area (Å²) in [5.74, 6) is 0.283. The van der Waals surface area contributed by atoms with Crippen molar-refractivity contribution in [3.63, 3.8) is 0 Å². The molecule has 2 rings (SSSR count). The predicted molar refractivity (Wildman–Crippen MR) is 59.1 cm³/mol. The summed E-state index contributed by atoms with van der Waals surface area (Å²) in [5.41, 5.74) is 0.918. The highest BCUT2D eigenvalue weighted by atomic mass is 32.1. The smallest absolute Gasteiger partial charge is 0.177 e. The third-order valence-corrected chi connectivity index (χ3v) is 3.57. The van der Waals surface area contributed by atoms with Crippen LogP contribution in [0.5, 0.6) is 0 Å². The maximum atomic E-state index is 11.8. The molecule has 0 saturated carbocycles. The minimum absolute atomic E-state index is 0.283. The van der Waals surface area contributed by atoms with Crippen molar-refractivity contribution < 1.29 is 4.79 Å². The number of hydrogen-bond donors (Lipinski definition) is 0. The number of thiophene rings is 1. The average molecular weight is 209 g/mol. The Kier molecular flexibility index (Phi) is 2.99. The second kappa shape index (κ2) is 4.24. The van der Waals surface area contributed by atoms with Crippen molar-refractivity contribution in [1.82, 2.24) is 4.90 Å². The van der Waals surface area contributed by atoms with Gasteiger partial charge in [-0.15, -0.1) is 11.3 Å². The first-order chi connectivity index (χ1) is 6.77. The minimum Gasteiger partial charge on any atom is -0.296 e. The highest BCUT2D eigenvalue weighted by molar-refractivity contribution is 7.10. The van der Waals surface area contributed by atoms with Gasteiger partial charge in [-0.25, -0.2) is 0 Å². The first kappa shape index (κ1) is 9.87. The zero-order chi connectivity index (χ0) is 9.97. The molecule has 0 unspecified atom stereocenters. The fraction of sp³-hybridized carbons (Fsp3) is 0.545. The molecule has 0 radical (unpaired) electrons. The number of nitrogens with zero attached hydrogens (tertiary/aromatic N) is 1. The third kappa shape index (κ3) is 2.04. The van der Waals surface area contributed by atoms with Crippen molar-refractivity contribution in [3.8, 4) is 0 Å². The lowest BCUT2D eigenvalue weighted by molar-refractivity contribution is 0.0945. The van der Waals surface area contributed by atoms with Gasteiger partial charge in [-0.2, -0.15) is 0 Å². The minimum atomic E-state index is 0.283. The van der Waals surface area contributed by atoms with Crippen LogP contribution in [-0.4, -0.2) is 30.3 Å². The summed E-state index contributed by atoms with van der Waals surface area (Å²) in [6.07, 6.45) is 2.49. The van der Waals surface area contributed by atoms with Gasteiger partial charge in [0.1, 0.15) is 0 Å². The summed E-state index contributed by atoms with van der Waals surface area (Å²) in [6, 6.07) is 1.94. The van der Waals surface area contributed by atoms with Crippen molar-refractivity contribution >= 4 is 17.1 Å². The van der Waals surface area contributed by atoms with Crippen LogP contribution < -0.4 is 0 Å². The number of ketones is 1. The van der Waals surface area contributed by atoms with E-state index < -0.39 is 0 Å². The van der Waals surface area contributed by atoms with Gasteiger partial charge < -0.3 is 0 Å². The first-order valence-electron chi connectivity index (χ1n) is 5.07. The van der Waals surface area contributed by atoms with E-state index >= 15 is 0 Å². The summed E-state index contributed by atoms with van der Waals surface area (Å²) in [6.45, 7) is 4.81. The van der Waals surface area contributed by atoms with Crippen molar-refractivity contribution in [3.05, 3.63) is 21.9 Å². The topological polar surface area (TPSA) is 20.3 Å². The molecule has 0 bridgehead atoms. The molecule has 1 aromatic rings. The fourth-order valence-electron chi connectivity index (χ4n) is 1.90. The van der Waals surface area contributed by atoms with E-state index in [1.54, 1.807) is 11.3 Å². The van der Waals surface area contributed by atoms with Crippen LogP contribution in [0, 0.1) is 6.92 Å². The van der Waals surface area contributed by atoms with E-state index in [2.05, 4.69) is 4.90 Å². The molecule has 0 atom stereocenters. The van der Waals surface area contributed by atoms with Crippen LogP contribution in [-0.2, 0) is 0 Å². The average Bonchev–Trinajstić information content (AvgIpc) is 2.75. The van der Waals surface area contributed by atoms with Crippen LogP contribution in [0.2, 0.25) is 0 Å². The Hall–Kier alpha value is -0.670. The van der Waals surface area contributed by atoms with E-state index in [1.807, 2.05) is 18.4 Å². The Morgan fingerprint density at radius 3 is 2.79 bits per heavy atom. The van der Waals surface area contributed by atoms with Crippen molar-refractivity contribution in [1.29, 1.82) is 0 Å². The van der Waals surface area contributed by atoms with Gasteiger partial charge in [0, 0.05) is 10.4 Å². The Labute approximate surface area is 88.5 Å². The molecule has 14 heavy (non-hydrogen) atoms. The molecule has 1 aliphatic heterocycles. The summed E-state index contributed by atoms with van der Waals surface area (Å²) in [4.78, 5) is 15.2. The number of rotatable bonds is 3. The van der Waals surface area contributed by atoms with Crippen LogP contribution in [0.4, 0.5) is 0 Å². The normalized spacial score (nSPS) is 17.5. The van der Waals surface area contributed by atoms with Gasteiger partial charge in [0.2, 0.25) is 0 Å². The fourth-order valence-corrected chi connectivity index (χ4v) is 2.62. The molecule has 0 N–H and O–H groups in total. The van der Waals surface area contributed by atoms with E-state index in [9.17, 15) is 4.79 Å². The molecule has 3 heteroatoms. The van der Waals surface area contributed by atoms with Crippen LogP contribution in [0.15, 0.2) is 11.4 Å². The van der Waals surface area contributed by atoms with Gasteiger partial charge >= 0.3 is 0 Å². The second-order valence-electron chi connectivity index (χ2n) is 3.80. The summed E-state index contributed by atoms with van der Waals surface area (Å²) >= 11 is 1.65. The molecule has 0 aromatic carbocycles. The van der Waals surface area contributed by atoms with Crippen molar-refractivity contribution in [2.24, 2.45) is 0 Å². The summed E-state index contributed by atoms with van der Waals surface area (Å²) in [7, 11) is 0. The van der Waals surface area contributed by atoms with Crippen LogP contribution >= 0.6 is 11.3 Å². The van der Waals surface area contributed by atoms with E-state index in [4.69, 9.17) is 0 Å². The van der Waals surface area contributed by atoms with Crippen LogP contribution in [0.25, 0.3) is 0 Å². The highest BCUT2D eigenvalue weighted by Crippen LogP contribution is 2.17. The number of carbonyl (C=O) groups is 1. The molecule has 0 spiro atoms. The molecule has 1 fully saturated rings. The number of likely N-dealkylation sites (tertiary alicyclic amines) is 1. The zero-order valence-electron chi connectivity index (χ0n) is 8.45. The highest BCUT2D eigenvalue weighted by Gasteiger charge is 2.17. The molecular weight excluding hydrogens is 194 g/mol. The van der Waals surface area contributed by atoms with E-state index in [0.29, 0.717) is 6.54 Å². The molecule has 0 amide bonds. The van der Waals surface area contributed by atoms with Gasteiger partial charge in [0.25, 0.3) is 0 Å². The maximum absolute atomic E-state index is 11.8. The predicted octanol–water partition coefficient (Wildman–Crippen LogP) is 2.34. The Morgan fingerprint density at radius 2 is 2.21 bits per heavy atom. The number of carbonyl (C=O) groups excluding carboxylic acids is 1. The second-order valence-corrected chi connectivity index (χ2v) is 4.92. The molecule has 1 saturated heterocycles. The van der Waals surface area contributed by atoms with Crippen molar-refractivity contribution in [2.75, 3.05) is 19.6 Å². The number of hydrogen-bond acceptors (Lipinski definition) is 3. The lowest BCUT2D eigenvalue weighted by Gasteiger charge is -2.12. The van der Waals surface area contributed by atoms with Gasteiger partial charge in [-0.05, 0) is 44.3 Å². The molecule has 1 aliphatic rings. The van der Waals surface area contributed by atoms with Gasteiger partial charge in [0.15, 0.2) is 5.78 Å². The van der Waals surface area contributed by atoms with Crippen molar-refractivity contribution in [2.45, 2.75) is 19.8 Å². The Balaban J connectivity index is 1.98. The Morgan fingerprint density at radius 1 is 1.50 bits per heavy atom. The Bertz CT molecular complexity index is 326. The van der Waals surface area contributed by atoms with E-state index in [0.717, 1.165) is 23.5 Å². The van der Waals surface area contributed by atoms with Gasteiger partial charge in [-0.1, -0.05) is 0 Å². The molecule has 1 aromatic heterocycles. The van der Waals surface area contributed by atoms with E-state index in [-0.39, 0.29) is 5.78 Å². The van der Waals surface area contributed by atoms with Gasteiger partial charge in [-0.3, -0.25) is 9.69 Å². The van der Waals surface area contributed by atoms with Gasteiger partial charge in [0.05, 0.1) is 6.54 Å². The molecule has 2 nitrogen and oxygen atoms in total. The van der Waals surface area contributed by atoms with Crippen LogP contribution in [0.1, 0.15) is 28.1 Å². The zero-order valence-corrected chi connectivity index (χ0v) is 9.27. The molecule has 0 aliphatic carbocycles. The van der Waals surface area contributed by atoms with Crippen LogP contribution in [0.3, 0.4) is 0 Å². The lowest BCUT2D eigenvalue weighted by atomic mass is 10.1. The molecule has 76 valence electrons. The monoisotopic (exact) mass is 209 g/mol. The number of aryl methyl sites for hydroxylation is 1. The summed E-state index contributed by atoms with van der Waals surface area (Å²) in [5, 5.41) is 1.99. The largest absolute Gasteiger partial charge is 0.296 e. The third-order valence-electron chi connectivity index (χ3n) is 2.73. The molecular formula is C11H15NOS. The summed E-state index contributed by atoms with van der Waals surface area (Å²) < 4.78 is 0. The quantitative estimate of drug-likeness (QED) is 0.712. The van der Waals surface area contributed by atoms with E-state index in [1.165, 1.54) is 12.8 Å². The molecule has 2 heterocycles. The maximum Gasteiger partial charge on any atom is 0.177 e. The lowest BCUT2D eigenvalue weighted by Crippen LogP contribution is -2.26. The number of Topliss-reactive ketones (excluding diaryl/α,β-unsaturated/α-hetero) is 1. The standard InChI is InChI=1S/C11H15NOS/c1-9-10(4-7-14-9)11(13)8-12-5-2-3-6-12/h4,7H,2-3,5-6,8H2,1H3.